The van der Waals surface area contributed by atoms with Gasteiger partial charge in [0, 0.05) is 38.4 Å². The number of rotatable bonds is 0. The van der Waals surface area contributed by atoms with Crippen molar-refractivity contribution in [1.82, 2.24) is 9.13 Å². The quantitative estimate of drug-likeness (QED) is 0.205. The summed E-state index contributed by atoms with van der Waals surface area (Å²) in [5.74, 6) is 3.77. The van der Waals surface area contributed by atoms with E-state index >= 15 is 0 Å². The van der Waals surface area contributed by atoms with Crippen molar-refractivity contribution >= 4 is 89.8 Å². The molecule has 13 rings (SSSR count). The minimum atomic E-state index is 0.104. The Morgan fingerprint density at radius 2 is 0.833 bits per heavy atom. The third-order valence-corrected chi connectivity index (χ3v) is 11.4. The summed E-state index contributed by atoms with van der Waals surface area (Å²) in [5.41, 5.74) is 15.0. The van der Waals surface area contributed by atoms with Crippen LogP contribution in [0.4, 0.5) is 0 Å². The summed E-state index contributed by atoms with van der Waals surface area (Å²) in [6.45, 7) is 0.209. The lowest BCUT2D eigenvalue weighted by Gasteiger charge is -2.33. The van der Waals surface area contributed by atoms with E-state index in [4.69, 9.17) is 9.47 Å². The van der Waals surface area contributed by atoms with Crippen molar-refractivity contribution in [3.63, 3.8) is 0 Å². The zero-order chi connectivity index (χ0) is 30.8. The average molecular weight is 608 g/mol. The first-order chi connectivity index (χ1) is 23.8. The minimum absolute atomic E-state index is 0.104. The van der Waals surface area contributed by atoms with E-state index in [1.54, 1.807) is 0 Å². The molecule has 9 aromatic rings. The van der Waals surface area contributed by atoms with Gasteiger partial charge in [0.05, 0.1) is 16.6 Å². The van der Waals surface area contributed by atoms with E-state index in [0.717, 1.165) is 23.0 Å². The van der Waals surface area contributed by atoms with E-state index in [2.05, 4.69) is 143 Å². The number of ether oxygens (including phenoxy) is 2. The Kier molecular flexibility index (Phi) is 4.04. The van der Waals surface area contributed by atoms with Crippen LogP contribution in [0.15, 0.2) is 133 Å². The highest BCUT2D eigenvalue weighted by Gasteiger charge is 2.43. The molecule has 4 aliphatic heterocycles. The molecule has 218 valence electrons. The highest BCUT2D eigenvalue weighted by Crippen LogP contribution is 2.45. The predicted molar refractivity (Wildman–Crippen MR) is 197 cm³/mol. The van der Waals surface area contributed by atoms with Crippen LogP contribution in [0.2, 0.25) is 0 Å². The van der Waals surface area contributed by atoms with Crippen molar-refractivity contribution in [1.29, 1.82) is 0 Å². The maximum atomic E-state index is 6.65. The molecule has 0 aliphatic carbocycles. The van der Waals surface area contributed by atoms with Crippen molar-refractivity contribution in [2.75, 3.05) is 0 Å². The van der Waals surface area contributed by atoms with E-state index in [1.165, 1.54) is 87.8 Å². The first-order valence-corrected chi connectivity index (χ1v) is 16.7. The third kappa shape index (κ3) is 2.58. The van der Waals surface area contributed by atoms with Crippen molar-refractivity contribution in [2.45, 2.75) is 0 Å². The number of hydrogen-bond donors (Lipinski definition) is 0. The zero-order valence-corrected chi connectivity index (χ0v) is 25.6. The fourth-order valence-corrected chi connectivity index (χ4v) is 9.71. The lowest BCUT2D eigenvalue weighted by Crippen LogP contribution is -2.58. The number of nitrogens with zero attached hydrogens (tertiary/aromatic N) is 2. The van der Waals surface area contributed by atoms with Crippen LogP contribution in [0, 0.1) is 0 Å². The molecule has 4 aliphatic rings. The number of aromatic nitrogens is 2. The molecule has 2 aromatic heterocycles. The Bertz CT molecular complexity index is 2990. The lowest BCUT2D eigenvalue weighted by atomic mass is 9.34. The SMILES string of the molecule is c1ccc2c(c1)Oc1cccc3c1B2c1cccc2c4ccc5c6ccc7c8c6n(c5c4n-3c12)-c1ccccc1B8c1ccccc1O7. The van der Waals surface area contributed by atoms with E-state index in [-0.39, 0.29) is 13.4 Å². The summed E-state index contributed by atoms with van der Waals surface area (Å²) in [4.78, 5) is 0. The molecule has 0 saturated heterocycles. The molecule has 0 amide bonds. The van der Waals surface area contributed by atoms with Gasteiger partial charge in [0.1, 0.15) is 23.0 Å². The van der Waals surface area contributed by atoms with E-state index in [0.29, 0.717) is 0 Å². The topological polar surface area (TPSA) is 28.3 Å². The molecule has 0 N–H and O–H groups in total. The first-order valence-electron chi connectivity index (χ1n) is 16.7. The van der Waals surface area contributed by atoms with Gasteiger partial charge in [-0.1, -0.05) is 91.0 Å². The van der Waals surface area contributed by atoms with Crippen molar-refractivity contribution in [2.24, 2.45) is 0 Å². The van der Waals surface area contributed by atoms with Crippen LogP contribution in [0.25, 0.3) is 55.0 Å². The average Bonchev–Trinajstić information content (AvgIpc) is 3.66. The molecule has 0 saturated carbocycles. The molecule has 6 heteroatoms. The standard InChI is InChI=1S/C42H22B2N2O2/c1-4-14-31-27(10-1)43-28-11-2-5-16-33(28)48-36-22-21-24-26-20-19-25-23-9-7-13-30-39(23)46(42(25)41(26)45(31)40(24)38(36)43)32-15-8-18-35-37(32)44(30)29-12-3-6-17-34(29)47-35/h1-22H. The van der Waals surface area contributed by atoms with Gasteiger partial charge in [0.2, 0.25) is 0 Å². The largest absolute Gasteiger partial charge is 0.458 e. The van der Waals surface area contributed by atoms with Gasteiger partial charge in [-0.25, -0.2) is 0 Å². The molecule has 0 radical (unpaired) electrons. The van der Waals surface area contributed by atoms with Crippen LogP contribution >= 0.6 is 0 Å². The van der Waals surface area contributed by atoms with Gasteiger partial charge in [-0.15, -0.1) is 0 Å². The van der Waals surface area contributed by atoms with Crippen LogP contribution in [-0.4, -0.2) is 22.6 Å². The Balaban J connectivity index is 1.26. The molecule has 6 heterocycles. The van der Waals surface area contributed by atoms with Gasteiger partial charge in [-0.2, -0.15) is 0 Å². The molecule has 0 atom stereocenters. The van der Waals surface area contributed by atoms with Crippen LogP contribution in [0.1, 0.15) is 0 Å². The monoisotopic (exact) mass is 608 g/mol. The van der Waals surface area contributed by atoms with Crippen LogP contribution in [0.3, 0.4) is 0 Å². The van der Waals surface area contributed by atoms with Gasteiger partial charge in [0.15, 0.2) is 0 Å². The van der Waals surface area contributed by atoms with Crippen LogP contribution < -0.4 is 42.3 Å². The Morgan fingerprint density at radius 1 is 0.333 bits per heavy atom. The van der Waals surface area contributed by atoms with Gasteiger partial charge in [-0.3, -0.25) is 0 Å². The summed E-state index contributed by atoms with van der Waals surface area (Å²) < 4.78 is 18.4. The molecule has 48 heavy (non-hydrogen) atoms. The zero-order valence-electron chi connectivity index (χ0n) is 25.6. The van der Waals surface area contributed by atoms with Gasteiger partial charge in [0.25, 0.3) is 13.4 Å². The fraction of sp³-hybridized carbons (Fsp3) is 0. The van der Waals surface area contributed by atoms with Crippen LogP contribution in [-0.2, 0) is 0 Å². The van der Waals surface area contributed by atoms with Crippen LogP contribution in [0.5, 0.6) is 23.0 Å². The molecular formula is C42H22B2N2O2. The number of fused-ring (bicyclic) bond motifs is 16. The van der Waals surface area contributed by atoms with Crippen molar-refractivity contribution in [3.05, 3.63) is 133 Å². The van der Waals surface area contributed by atoms with E-state index in [9.17, 15) is 0 Å². The van der Waals surface area contributed by atoms with Gasteiger partial charge in [-0.05, 0) is 75.2 Å². The summed E-state index contributed by atoms with van der Waals surface area (Å²) in [7, 11) is 0. The maximum Gasteiger partial charge on any atom is 0.256 e. The molecule has 0 fully saturated rings. The second-order valence-electron chi connectivity index (χ2n) is 13.5. The molecule has 0 unspecified atom stereocenters. The lowest BCUT2D eigenvalue weighted by molar-refractivity contribution is 0.487. The minimum Gasteiger partial charge on any atom is -0.458 e. The number of para-hydroxylation sites is 4. The van der Waals surface area contributed by atoms with Gasteiger partial charge >= 0.3 is 0 Å². The smallest absolute Gasteiger partial charge is 0.256 e. The molecule has 7 aromatic carbocycles. The maximum absolute atomic E-state index is 6.65. The summed E-state index contributed by atoms with van der Waals surface area (Å²) in [6.07, 6.45) is 0. The number of hydrogen-bond acceptors (Lipinski definition) is 2. The summed E-state index contributed by atoms with van der Waals surface area (Å²) in [5, 5.41) is 5.05. The second kappa shape index (κ2) is 8.04. The van der Waals surface area contributed by atoms with Crippen molar-refractivity contribution < 1.29 is 9.47 Å². The molecule has 0 spiro atoms. The van der Waals surface area contributed by atoms with E-state index < -0.39 is 0 Å². The highest BCUT2D eigenvalue weighted by molar-refractivity contribution is 7.00. The predicted octanol–water partition coefficient (Wildman–Crippen LogP) is 5.75. The second-order valence-corrected chi connectivity index (χ2v) is 13.5. The Hall–Kier alpha value is -6.13. The van der Waals surface area contributed by atoms with Gasteiger partial charge < -0.3 is 18.6 Å². The van der Waals surface area contributed by atoms with Crippen molar-refractivity contribution in [3.8, 4) is 34.4 Å². The first kappa shape index (κ1) is 24.1. The summed E-state index contributed by atoms with van der Waals surface area (Å²) >= 11 is 0. The number of benzene rings is 7. The fourth-order valence-electron chi connectivity index (χ4n) is 9.71. The van der Waals surface area contributed by atoms with E-state index in [1.807, 2.05) is 0 Å². The third-order valence-electron chi connectivity index (χ3n) is 11.4. The molecular weight excluding hydrogens is 586 g/mol. The molecule has 4 nitrogen and oxygen atoms in total. The summed E-state index contributed by atoms with van der Waals surface area (Å²) in [6, 6.07) is 48.6. The Labute approximate surface area is 275 Å². The normalized spacial score (nSPS) is 14.1. The molecule has 0 bridgehead atoms. The highest BCUT2D eigenvalue weighted by atomic mass is 16.5. The Morgan fingerprint density at radius 3 is 1.60 bits per heavy atom.